The van der Waals surface area contributed by atoms with Gasteiger partial charge in [-0.1, -0.05) is 97.1 Å². The molecule has 5 heterocycles. The van der Waals surface area contributed by atoms with Crippen molar-refractivity contribution in [1.29, 1.82) is 0 Å². The molecular weight excluding hydrogens is 873 g/mol. The smallest absolute Gasteiger partial charge is 0.0737 e. The summed E-state index contributed by atoms with van der Waals surface area (Å²) in [5, 5.41) is 23.9. The lowest BCUT2D eigenvalue weighted by Crippen LogP contribution is -1.82. The minimum Gasteiger partial charge on any atom is -0.354 e. The van der Waals surface area contributed by atoms with Crippen LogP contribution in [0.1, 0.15) is 0 Å². The van der Waals surface area contributed by atoms with Gasteiger partial charge in [-0.2, -0.15) is 0 Å². The van der Waals surface area contributed by atoms with Crippen molar-refractivity contribution in [3.8, 4) is 45.0 Å². The molecule has 0 unspecified atom stereocenters. The highest BCUT2D eigenvalue weighted by Crippen LogP contribution is 2.45. The number of aromatic amines is 2. The molecule has 15 aromatic rings. The Kier molecular flexibility index (Phi) is 7.44. The molecule has 0 amide bonds. The minimum atomic E-state index is 0.921. The number of hydrogen-bond donors (Lipinski definition) is 2. The molecule has 12 aromatic carbocycles. The third-order valence-electron chi connectivity index (χ3n) is 15.8. The van der Waals surface area contributed by atoms with Crippen molar-refractivity contribution < 1.29 is 0 Å². The van der Waals surface area contributed by atoms with Gasteiger partial charge in [0.15, 0.2) is 0 Å². The largest absolute Gasteiger partial charge is 0.354 e. The van der Waals surface area contributed by atoms with Crippen molar-refractivity contribution in [2.24, 2.45) is 0 Å². The van der Waals surface area contributed by atoms with E-state index < -0.39 is 0 Å². The number of nitrogens with one attached hydrogen (secondary N) is 2. The molecule has 0 aliphatic carbocycles. The maximum Gasteiger partial charge on any atom is 0.0737 e. The predicted octanol–water partition coefficient (Wildman–Crippen LogP) is 18.5. The first-order valence-corrected chi connectivity index (χ1v) is 24.8. The van der Waals surface area contributed by atoms with Gasteiger partial charge < -0.3 is 9.97 Å². The van der Waals surface area contributed by atoms with Crippen LogP contribution in [0.25, 0.3) is 175 Å². The molecule has 0 radical (unpaired) electrons. The molecule has 3 aromatic heterocycles. The number of rotatable bonds is 0. The Morgan fingerprint density at radius 3 is 0.597 bits per heavy atom. The Bertz CT molecular complexity index is 4530. The lowest BCUT2D eigenvalue weighted by Gasteiger charge is -2.07. The van der Waals surface area contributed by atoms with Crippen LogP contribution in [0.5, 0.6) is 0 Å². The monoisotopic (exact) mass is 910 g/mol. The van der Waals surface area contributed by atoms with Crippen LogP contribution in [0.15, 0.2) is 218 Å². The fourth-order valence-corrected chi connectivity index (χ4v) is 12.2. The molecule has 330 valence electrons. The Balaban J connectivity index is 1.04. The lowest BCUT2D eigenvalue weighted by molar-refractivity contribution is 1.40. The van der Waals surface area contributed by atoms with Crippen LogP contribution >= 0.6 is 0 Å². The van der Waals surface area contributed by atoms with Crippen molar-refractivity contribution in [3.63, 3.8) is 0 Å². The van der Waals surface area contributed by atoms with E-state index in [1.165, 1.54) is 86.2 Å². The van der Waals surface area contributed by atoms with Crippen molar-refractivity contribution in [3.05, 3.63) is 218 Å². The number of benzene rings is 12. The molecule has 0 spiro atoms. The average Bonchev–Trinajstić information content (AvgIpc) is 4.12. The molecule has 2 N–H and O–H groups in total. The van der Waals surface area contributed by atoms with E-state index >= 15 is 0 Å². The van der Waals surface area contributed by atoms with E-state index in [1.807, 2.05) is 0 Å². The van der Waals surface area contributed by atoms with E-state index in [0.717, 1.165) is 88.6 Å². The summed E-state index contributed by atoms with van der Waals surface area (Å²) in [7, 11) is 0. The zero-order chi connectivity index (χ0) is 46.8. The van der Waals surface area contributed by atoms with Crippen LogP contribution in [0, 0.1) is 0 Å². The van der Waals surface area contributed by atoms with Gasteiger partial charge in [-0.15, -0.1) is 0 Å². The van der Waals surface area contributed by atoms with Crippen molar-refractivity contribution in [2.75, 3.05) is 0 Å². The summed E-state index contributed by atoms with van der Waals surface area (Å²) in [5.74, 6) is 0. The molecule has 4 nitrogen and oxygen atoms in total. The topological polar surface area (TPSA) is 57.4 Å². The van der Waals surface area contributed by atoms with E-state index in [4.69, 9.17) is 9.97 Å². The molecule has 0 fully saturated rings. The molecule has 72 heavy (non-hydrogen) atoms. The van der Waals surface area contributed by atoms with E-state index in [2.05, 4.69) is 228 Å². The molecule has 2 aliphatic heterocycles. The molecule has 8 bridgehead atoms. The number of fused-ring (bicyclic) bond motifs is 28. The van der Waals surface area contributed by atoms with Gasteiger partial charge >= 0.3 is 0 Å². The number of aromatic nitrogens is 4. The number of hydrogen-bond acceptors (Lipinski definition) is 2. The normalized spacial score (nSPS) is 12.4. The lowest BCUT2D eigenvalue weighted by atomic mass is 9.96. The molecule has 0 saturated heterocycles. The summed E-state index contributed by atoms with van der Waals surface area (Å²) >= 11 is 0. The minimum absolute atomic E-state index is 0.921. The highest BCUT2D eigenvalue weighted by molar-refractivity contribution is 6.18. The first kappa shape index (κ1) is 38.2. The van der Waals surface area contributed by atoms with Crippen LogP contribution in [0.4, 0.5) is 0 Å². The third kappa shape index (κ3) is 5.63. The van der Waals surface area contributed by atoms with Gasteiger partial charge in [0.1, 0.15) is 0 Å². The van der Waals surface area contributed by atoms with Gasteiger partial charge in [0.25, 0.3) is 0 Å². The standard InChI is InChI=1S/C68H38N4/c1-2-10-38-18-46-26-54-53(25-45(46)17-37(38)9-1)61-33-63-55-27-47-19-39-11-3-4-12-40(39)20-48(47)28-56(55)65(70-63)35-67-59-31-51-23-43-15-7-8-16-44(43)24-52(51)32-60(59)68(72-67)36-66-58-30-50-22-42-14-6-5-13-41(42)21-49(50)29-57(58)64(71-66)34-62(54)69-61/h1-36,69,72H. The van der Waals surface area contributed by atoms with Gasteiger partial charge in [0.05, 0.1) is 22.8 Å². The fraction of sp³-hybridized carbons (Fsp3) is 0. The maximum atomic E-state index is 5.63. The summed E-state index contributed by atoms with van der Waals surface area (Å²) in [6.07, 6.45) is 0. The first-order chi connectivity index (χ1) is 35.5. The van der Waals surface area contributed by atoms with E-state index in [-0.39, 0.29) is 0 Å². The molecule has 2 aliphatic rings. The summed E-state index contributed by atoms with van der Waals surface area (Å²) in [6.45, 7) is 0. The highest BCUT2D eigenvalue weighted by atomic mass is 14.8. The van der Waals surface area contributed by atoms with Crippen LogP contribution in [0.3, 0.4) is 0 Å². The van der Waals surface area contributed by atoms with Crippen molar-refractivity contribution in [1.82, 2.24) is 19.9 Å². The molecule has 17 rings (SSSR count). The first-order valence-electron chi connectivity index (χ1n) is 24.8. The third-order valence-corrected chi connectivity index (χ3v) is 15.8. The number of H-pyrrole nitrogens is 2. The molecular formula is C68H38N4. The summed E-state index contributed by atoms with van der Waals surface area (Å²) in [4.78, 5) is 19.2. The SMILES string of the molecule is c1ccc2cc3cc4c(cc3cc2c1)-c1cc2[nH]c(cc3nc(cc5[nH]c(cc-4n1)c1cc4cc6ccccc6cc4cc51)-c1cc4cc5ccccc5cc4cc1-3)c1cc3cc4ccccc4cc3cc21. The molecule has 0 atom stereocenters. The van der Waals surface area contributed by atoms with E-state index in [1.54, 1.807) is 0 Å². The van der Waals surface area contributed by atoms with Crippen LogP contribution in [-0.4, -0.2) is 19.9 Å². The predicted molar refractivity (Wildman–Crippen MR) is 305 cm³/mol. The fourth-order valence-electron chi connectivity index (χ4n) is 12.2. The van der Waals surface area contributed by atoms with Gasteiger partial charge in [-0.25, -0.2) is 9.97 Å². The second kappa shape index (κ2) is 14.0. The van der Waals surface area contributed by atoms with Gasteiger partial charge in [-0.3, -0.25) is 0 Å². The number of nitrogens with zero attached hydrogens (tertiary/aromatic N) is 2. The summed E-state index contributed by atoms with van der Waals surface area (Å²) in [6, 6.07) is 81.1. The second-order valence-corrected chi connectivity index (χ2v) is 20.0. The van der Waals surface area contributed by atoms with E-state index in [9.17, 15) is 0 Å². The molecule has 0 saturated carbocycles. The Morgan fingerprint density at radius 2 is 0.389 bits per heavy atom. The van der Waals surface area contributed by atoms with Crippen molar-refractivity contribution >= 4 is 130 Å². The van der Waals surface area contributed by atoms with Crippen molar-refractivity contribution in [2.45, 2.75) is 0 Å². The zero-order valence-corrected chi connectivity index (χ0v) is 38.7. The Morgan fingerprint density at radius 1 is 0.194 bits per heavy atom. The van der Waals surface area contributed by atoms with E-state index in [0.29, 0.717) is 0 Å². The van der Waals surface area contributed by atoms with Gasteiger partial charge in [-0.05, 0) is 208 Å². The van der Waals surface area contributed by atoms with Crippen LogP contribution in [-0.2, 0) is 0 Å². The Hall–Kier alpha value is -9.64. The maximum absolute atomic E-state index is 5.63. The summed E-state index contributed by atoms with van der Waals surface area (Å²) < 4.78 is 0. The van der Waals surface area contributed by atoms with Crippen LogP contribution < -0.4 is 0 Å². The van der Waals surface area contributed by atoms with Crippen LogP contribution in [0.2, 0.25) is 0 Å². The second-order valence-electron chi connectivity index (χ2n) is 20.0. The summed E-state index contributed by atoms with van der Waals surface area (Å²) in [5.41, 5.74) is 12.2. The average molecular weight is 911 g/mol. The van der Waals surface area contributed by atoms with Gasteiger partial charge in [0, 0.05) is 65.9 Å². The van der Waals surface area contributed by atoms with Gasteiger partial charge in [0.2, 0.25) is 0 Å². The highest BCUT2D eigenvalue weighted by Gasteiger charge is 2.22. The Labute approximate surface area is 411 Å². The quantitative estimate of drug-likeness (QED) is 0.149. The zero-order valence-electron chi connectivity index (χ0n) is 38.7. The molecule has 4 heteroatoms.